The van der Waals surface area contributed by atoms with Crippen molar-refractivity contribution >= 4 is 5.97 Å². The molecule has 0 aliphatic rings. The van der Waals surface area contributed by atoms with Gasteiger partial charge in [-0.15, -0.1) is 0 Å². The van der Waals surface area contributed by atoms with Crippen LogP contribution < -0.4 is 0 Å². The van der Waals surface area contributed by atoms with Crippen LogP contribution in [0.4, 0.5) is 0 Å². The molecule has 0 amide bonds. The Kier molecular flexibility index (Phi) is 3.50. The molecule has 0 aliphatic carbocycles. The highest BCUT2D eigenvalue weighted by molar-refractivity contribution is 5.85. The number of carboxylic acid groups (broad SMARTS) is 1. The van der Waals surface area contributed by atoms with Crippen LogP contribution in [0, 0.1) is 0 Å². The van der Waals surface area contributed by atoms with Crippen molar-refractivity contribution in [2.24, 2.45) is 0 Å². The number of aryl methyl sites for hydroxylation is 2. The van der Waals surface area contributed by atoms with Crippen LogP contribution in [0.3, 0.4) is 0 Å². The van der Waals surface area contributed by atoms with E-state index in [1.165, 1.54) is 11.6 Å². The summed E-state index contributed by atoms with van der Waals surface area (Å²) in [4.78, 5) is 14.9. The molecule has 0 saturated heterocycles. The molecular formula is C14H13NO2. The van der Waals surface area contributed by atoms with Crippen LogP contribution in [0.15, 0.2) is 48.5 Å². The van der Waals surface area contributed by atoms with E-state index in [0.29, 0.717) is 0 Å². The molecule has 3 heteroatoms. The molecule has 0 saturated carbocycles. The van der Waals surface area contributed by atoms with E-state index in [-0.39, 0.29) is 5.69 Å². The van der Waals surface area contributed by atoms with Gasteiger partial charge in [0.25, 0.3) is 0 Å². The van der Waals surface area contributed by atoms with Crippen molar-refractivity contribution in [1.82, 2.24) is 4.98 Å². The lowest BCUT2D eigenvalue weighted by molar-refractivity contribution is 0.0690. The maximum atomic E-state index is 10.8. The number of aromatic nitrogens is 1. The molecule has 1 aromatic carbocycles. The number of carboxylic acids is 1. The third-order valence-electron chi connectivity index (χ3n) is 2.54. The van der Waals surface area contributed by atoms with Crippen LogP contribution >= 0.6 is 0 Å². The SMILES string of the molecule is O=C(O)c1cccc(CCc2ccccc2)n1. The van der Waals surface area contributed by atoms with Gasteiger partial charge >= 0.3 is 5.97 Å². The molecule has 2 rings (SSSR count). The van der Waals surface area contributed by atoms with Crippen molar-refractivity contribution in [3.8, 4) is 0 Å². The zero-order chi connectivity index (χ0) is 12.1. The van der Waals surface area contributed by atoms with Crippen LogP contribution in [0.1, 0.15) is 21.7 Å². The summed E-state index contributed by atoms with van der Waals surface area (Å²) in [7, 11) is 0. The highest BCUT2D eigenvalue weighted by Crippen LogP contribution is 2.06. The first-order chi connectivity index (χ1) is 8.25. The zero-order valence-electron chi connectivity index (χ0n) is 9.34. The summed E-state index contributed by atoms with van der Waals surface area (Å²) < 4.78 is 0. The third-order valence-corrected chi connectivity index (χ3v) is 2.54. The van der Waals surface area contributed by atoms with Gasteiger partial charge in [0.1, 0.15) is 5.69 Å². The Morgan fingerprint density at radius 2 is 1.76 bits per heavy atom. The highest BCUT2D eigenvalue weighted by atomic mass is 16.4. The molecule has 0 radical (unpaired) electrons. The Balaban J connectivity index is 2.04. The smallest absolute Gasteiger partial charge is 0.354 e. The quantitative estimate of drug-likeness (QED) is 0.873. The number of aromatic carboxylic acids is 1. The van der Waals surface area contributed by atoms with E-state index in [0.717, 1.165) is 18.5 Å². The van der Waals surface area contributed by atoms with E-state index in [2.05, 4.69) is 17.1 Å². The number of hydrogen-bond acceptors (Lipinski definition) is 2. The fraction of sp³-hybridized carbons (Fsp3) is 0.143. The summed E-state index contributed by atoms with van der Waals surface area (Å²) in [6.07, 6.45) is 1.63. The minimum absolute atomic E-state index is 0.107. The Morgan fingerprint density at radius 3 is 2.47 bits per heavy atom. The molecule has 1 heterocycles. The van der Waals surface area contributed by atoms with Crippen molar-refractivity contribution in [2.45, 2.75) is 12.8 Å². The van der Waals surface area contributed by atoms with E-state index >= 15 is 0 Å². The van der Waals surface area contributed by atoms with Gasteiger partial charge in [0.05, 0.1) is 0 Å². The van der Waals surface area contributed by atoms with Gasteiger partial charge in [-0.05, 0) is 30.5 Å². The first-order valence-electron chi connectivity index (χ1n) is 5.49. The maximum absolute atomic E-state index is 10.8. The molecule has 0 fully saturated rings. The summed E-state index contributed by atoms with van der Waals surface area (Å²) in [6.45, 7) is 0. The van der Waals surface area contributed by atoms with Crippen LogP contribution in [0.25, 0.3) is 0 Å². The standard InChI is InChI=1S/C14H13NO2/c16-14(17)13-8-4-7-12(15-13)10-9-11-5-2-1-3-6-11/h1-8H,9-10H2,(H,16,17). The van der Waals surface area contributed by atoms with Gasteiger partial charge in [-0.25, -0.2) is 9.78 Å². The molecule has 0 aliphatic heterocycles. The van der Waals surface area contributed by atoms with E-state index in [4.69, 9.17) is 5.11 Å². The zero-order valence-corrected chi connectivity index (χ0v) is 9.34. The van der Waals surface area contributed by atoms with Gasteiger partial charge in [0.15, 0.2) is 0 Å². The van der Waals surface area contributed by atoms with Crippen molar-refractivity contribution < 1.29 is 9.90 Å². The minimum atomic E-state index is -0.980. The molecule has 17 heavy (non-hydrogen) atoms. The Morgan fingerprint density at radius 1 is 1.00 bits per heavy atom. The van der Waals surface area contributed by atoms with Crippen LogP contribution in [0.2, 0.25) is 0 Å². The predicted octanol–water partition coefficient (Wildman–Crippen LogP) is 2.57. The molecule has 1 N–H and O–H groups in total. The van der Waals surface area contributed by atoms with Gasteiger partial charge in [0, 0.05) is 5.69 Å². The summed E-state index contributed by atoms with van der Waals surface area (Å²) in [6, 6.07) is 15.2. The van der Waals surface area contributed by atoms with Crippen LogP contribution in [-0.2, 0) is 12.8 Å². The number of benzene rings is 1. The molecule has 0 bridgehead atoms. The molecule has 0 unspecified atom stereocenters. The number of rotatable bonds is 4. The lowest BCUT2D eigenvalue weighted by Crippen LogP contribution is -2.03. The van der Waals surface area contributed by atoms with Crippen LogP contribution in [-0.4, -0.2) is 16.1 Å². The van der Waals surface area contributed by atoms with Crippen molar-refractivity contribution in [1.29, 1.82) is 0 Å². The maximum Gasteiger partial charge on any atom is 0.354 e. The average Bonchev–Trinajstić information content (AvgIpc) is 2.38. The minimum Gasteiger partial charge on any atom is -0.477 e. The molecule has 2 aromatic rings. The molecule has 1 aromatic heterocycles. The summed E-state index contributed by atoms with van der Waals surface area (Å²) >= 11 is 0. The summed E-state index contributed by atoms with van der Waals surface area (Å²) in [5.74, 6) is -0.980. The average molecular weight is 227 g/mol. The van der Waals surface area contributed by atoms with Crippen molar-refractivity contribution in [3.63, 3.8) is 0 Å². The van der Waals surface area contributed by atoms with Gasteiger partial charge in [-0.2, -0.15) is 0 Å². The summed E-state index contributed by atoms with van der Waals surface area (Å²) in [5.41, 5.74) is 2.15. The lowest BCUT2D eigenvalue weighted by Gasteiger charge is -2.02. The largest absolute Gasteiger partial charge is 0.477 e. The van der Waals surface area contributed by atoms with E-state index in [1.807, 2.05) is 24.3 Å². The van der Waals surface area contributed by atoms with E-state index in [1.54, 1.807) is 6.07 Å². The predicted molar refractivity (Wildman–Crippen MR) is 65.0 cm³/mol. The number of hydrogen-bond donors (Lipinski definition) is 1. The Labute approximate surface area is 99.8 Å². The monoisotopic (exact) mass is 227 g/mol. The molecule has 86 valence electrons. The Bertz CT molecular complexity index is 509. The van der Waals surface area contributed by atoms with E-state index < -0.39 is 5.97 Å². The molecule has 0 atom stereocenters. The second-order valence-electron chi connectivity index (χ2n) is 3.80. The molecule has 3 nitrogen and oxygen atoms in total. The van der Waals surface area contributed by atoms with Crippen molar-refractivity contribution in [2.75, 3.05) is 0 Å². The first-order valence-corrected chi connectivity index (χ1v) is 5.49. The number of carbonyl (C=O) groups is 1. The number of nitrogens with zero attached hydrogens (tertiary/aromatic N) is 1. The molecular weight excluding hydrogens is 214 g/mol. The van der Waals surface area contributed by atoms with Gasteiger partial charge in [-0.1, -0.05) is 36.4 Å². The Hall–Kier alpha value is -2.16. The summed E-state index contributed by atoms with van der Waals surface area (Å²) in [5, 5.41) is 8.83. The normalized spacial score (nSPS) is 10.1. The highest BCUT2D eigenvalue weighted by Gasteiger charge is 2.04. The molecule has 0 spiro atoms. The van der Waals surface area contributed by atoms with Crippen molar-refractivity contribution in [3.05, 3.63) is 65.5 Å². The second-order valence-corrected chi connectivity index (χ2v) is 3.80. The van der Waals surface area contributed by atoms with Gasteiger partial charge in [0.2, 0.25) is 0 Å². The van der Waals surface area contributed by atoms with Crippen LogP contribution in [0.5, 0.6) is 0 Å². The topological polar surface area (TPSA) is 50.2 Å². The van der Waals surface area contributed by atoms with Gasteiger partial charge in [-0.3, -0.25) is 0 Å². The fourth-order valence-corrected chi connectivity index (χ4v) is 1.66. The van der Waals surface area contributed by atoms with E-state index in [9.17, 15) is 4.79 Å². The fourth-order valence-electron chi connectivity index (χ4n) is 1.66. The lowest BCUT2D eigenvalue weighted by atomic mass is 10.1. The third kappa shape index (κ3) is 3.14. The first kappa shape index (κ1) is 11.3. The van der Waals surface area contributed by atoms with Gasteiger partial charge < -0.3 is 5.11 Å². The second kappa shape index (κ2) is 5.25. The number of pyridine rings is 1.